The molecule has 0 amide bonds. The summed E-state index contributed by atoms with van der Waals surface area (Å²) in [5.41, 5.74) is 0.0716. The highest BCUT2D eigenvalue weighted by atomic mass is 79.9. The normalized spacial score (nSPS) is 29.9. The maximum absolute atomic E-state index is 11.8. The standard InChI is InChI=1S/C14H24Br2O3S/c15-10-14(11-16,12-5-8-20(17,18)9-12)6-1-3-13-4-2-7-19-13/h12-13H,1-11H2. The highest BCUT2D eigenvalue weighted by Gasteiger charge is 2.43. The Morgan fingerprint density at radius 2 is 1.95 bits per heavy atom. The fraction of sp³-hybridized carbons (Fsp3) is 1.00. The van der Waals surface area contributed by atoms with Crippen molar-refractivity contribution in [2.45, 2.75) is 44.6 Å². The van der Waals surface area contributed by atoms with Crippen LogP contribution in [0.15, 0.2) is 0 Å². The van der Waals surface area contributed by atoms with Crippen LogP contribution in [-0.4, -0.2) is 43.3 Å². The van der Waals surface area contributed by atoms with E-state index in [0.717, 1.165) is 43.0 Å². The van der Waals surface area contributed by atoms with Crippen LogP contribution in [0.1, 0.15) is 38.5 Å². The Morgan fingerprint density at radius 3 is 2.45 bits per heavy atom. The van der Waals surface area contributed by atoms with Gasteiger partial charge in [-0.2, -0.15) is 0 Å². The van der Waals surface area contributed by atoms with Gasteiger partial charge in [0.15, 0.2) is 9.84 Å². The van der Waals surface area contributed by atoms with Crippen molar-refractivity contribution in [3.8, 4) is 0 Å². The van der Waals surface area contributed by atoms with Crippen molar-refractivity contribution in [2.75, 3.05) is 28.8 Å². The topological polar surface area (TPSA) is 43.4 Å². The molecule has 2 atom stereocenters. The van der Waals surface area contributed by atoms with Crippen LogP contribution < -0.4 is 0 Å². The summed E-state index contributed by atoms with van der Waals surface area (Å²) >= 11 is 7.28. The highest BCUT2D eigenvalue weighted by molar-refractivity contribution is 9.09. The van der Waals surface area contributed by atoms with Crippen LogP contribution in [0.25, 0.3) is 0 Å². The summed E-state index contributed by atoms with van der Waals surface area (Å²) in [5, 5.41) is 1.74. The van der Waals surface area contributed by atoms with Gasteiger partial charge in [-0.05, 0) is 43.4 Å². The van der Waals surface area contributed by atoms with E-state index >= 15 is 0 Å². The van der Waals surface area contributed by atoms with Crippen LogP contribution in [0.3, 0.4) is 0 Å². The summed E-state index contributed by atoms with van der Waals surface area (Å²) in [5.74, 6) is 1.02. The van der Waals surface area contributed by atoms with Gasteiger partial charge in [0, 0.05) is 17.3 Å². The Labute approximate surface area is 139 Å². The average molecular weight is 432 g/mol. The van der Waals surface area contributed by atoms with Crippen LogP contribution >= 0.6 is 31.9 Å². The van der Waals surface area contributed by atoms with Gasteiger partial charge in [0.1, 0.15) is 0 Å². The first-order valence-corrected chi connectivity index (χ1v) is 11.5. The molecule has 2 aliphatic rings. The first-order valence-electron chi connectivity index (χ1n) is 7.45. The largest absolute Gasteiger partial charge is 0.378 e. The summed E-state index contributed by atoms with van der Waals surface area (Å²) in [7, 11) is -2.81. The third-order valence-electron chi connectivity index (χ3n) is 4.86. The third-order valence-corrected chi connectivity index (χ3v) is 8.86. The smallest absolute Gasteiger partial charge is 0.150 e. The summed E-state index contributed by atoms with van der Waals surface area (Å²) in [6.07, 6.45) is 6.94. The van der Waals surface area contributed by atoms with Crippen LogP contribution in [0, 0.1) is 11.3 Å². The van der Waals surface area contributed by atoms with Gasteiger partial charge < -0.3 is 4.74 Å². The minimum Gasteiger partial charge on any atom is -0.378 e. The number of sulfone groups is 1. The average Bonchev–Trinajstić information content (AvgIpc) is 3.05. The molecule has 2 aliphatic heterocycles. The third kappa shape index (κ3) is 4.20. The molecule has 0 saturated carbocycles. The van der Waals surface area contributed by atoms with Gasteiger partial charge in [0.25, 0.3) is 0 Å². The predicted octanol–water partition coefficient (Wildman–Crippen LogP) is 3.55. The first-order chi connectivity index (χ1) is 9.51. The Balaban J connectivity index is 1.90. The Morgan fingerprint density at radius 1 is 1.20 bits per heavy atom. The van der Waals surface area contributed by atoms with E-state index in [0.29, 0.717) is 17.6 Å². The number of halogens is 2. The molecule has 0 spiro atoms. The lowest BCUT2D eigenvalue weighted by atomic mass is 9.74. The van der Waals surface area contributed by atoms with Crippen LogP contribution in [0.2, 0.25) is 0 Å². The van der Waals surface area contributed by atoms with Crippen LogP contribution in [-0.2, 0) is 14.6 Å². The molecule has 0 aromatic carbocycles. The molecule has 2 fully saturated rings. The molecule has 2 rings (SSSR count). The molecule has 2 unspecified atom stereocenters. The van der Waals surface area contributed by atoms with E-state index in [2.05, 4.69) is 31.9 Å². The fourth-order valence-corrected chi connectivity index (χ4v) is 7.77. The number of hydrogen-bond acceptors (Lipinski definition) is 3. The van der Waals surface area contributed by atoms with Crippen molar-refractivity contribution in [3.05, 3.63) is 0 Å². The lowest BCUT2D eigenvalue weighted by Crippen LogP contribution is -2.35. The maximum Gasteiger partial charge on any atom is 0.150 e. The number of hydrogen-bond donors (Lipinski definition) is 0. The highest BCUT2D eigenvalue weighted by Crippen LogP contribution is 2.43. The molecule has 0 radical (unpaired) electrons. The zero-order chi connectivity index (χ0) is 14.6. The second-order valence-corrected chi connectivity index (χ2v) is 9.61. The van der Waals surface area contributed by atoms with Gasteiger partial charge in [-0.3, -0.25) is 0 Å². The van der Waals surface area contributed by atoms with Gasteiger partial charge in [0.05, 0.1) is 17.6 Å². The zero-order valence-electron chi connectivity index (χ0n) is 11.8. The van der Waals surface area contributed by atoms with Crippen molar-refractivity contribution >= 4 is 41.7 Å². The minimum atomic E-state index is -2.81. The molecule has 0 aromatic rings. The number of ether oxygens (including phenoxy) is 1. The molecule has 118 valence electrons. The van der Waals surface area contributed by atoms with E-state index in [4.69, 9.17) is 4.74 Å². The van der Waals surface area contributed by atoms with Crippen molar-refractivity contribution in [2.24, 2.45) is 11.3 Å². The van der Waals surface area contributed by atoms with Gasteiger partial charge >= 0.3 is 0 Å². The van der Waals surface area contributed by atoms with Crippen molar-refractivity contribution in [1.29, 1.82) is 0 Å². The van der Waals surface area contributed by atoms with E-state index in [1.54, 1.807) is 0 Å². The summed E-state index contributed by atoms with van der Waals surface area (Å²) in [4.78, 5) is 0. The second-order valence-electron chi connectivity index (χ2n) is 6.26. The van der Waals surface area contributed by atoms with Crippen molar-refractivity contribution in [3.63, 3.8) is 0 Å². The Kier molecular flexibility index (Phi) is 6.40. The molecule has 0 bridgehead atoms. The summed E-state index contributed by atoms with van der Waals surface area (Å²) in [6, 6.07) is 0. The zero-order valence-corrected chi connectivity index (χ0v) is 15.8. The van der Waals surface area contributed by atoms with Gasteiger partial charge in [-0.15, -0.1) is 0 Å². The van der Waals surface area contributed by atoms with E-state index in [-0.39, 0.29) is 11.3 Å². The SMILES string of the molecule is O=S1(=O)CCC(C(CBr)(CBr)CCCC2CCCO2)C1. The Hall–Kier alpha value is 0.870. The second kappa shape index (κ2) is 7.42. The van der Waals surface area contributed by atoms with Crippen molar-refractivity contribution < 1.29 is 13.2 Å². The van der Waals surface area contributed by atoms with E-state index in [1.165, 1.54) is 12.8 Å². The number of rotatable bonds is 7. The van der Waals surface area contributed by atoms with Crippen LogP contribution in [0.4, 0.5) is 0 Å². The molecule has 0 aromatic heterocycles. The van der Waals surface area contributed by atoms with E-state index < -0.39 is 9.84 Å². The van der Waals surface area contributed by atoms with E-state index in [9.17, 15) is 8.42 Å². The lowest BCUT2D eigenvalue weighted by Gasteiger charge is -2.36. The monoisotopic (exact) mass is 430 g/mol. The molecule has 20 heavy (non-hydrogen) atoms. The number of alkyl halides is 2. The minimum absolute atomic E-state index is 0.0716. The van der Waals surface area contributed by atoms with Gasteiger partial charge in [0.2, 0.25) is 0 Å². The predicted molar refractivity (Wildman–Crippen MR) is 89.6 cm³/mol. The van der Waals surface area contributed by atoms with Crippen molar-refractivity contribution in [1.82, 2.24) is 0 Å². The quantitative estimate of drug-likeness (QED) is 0.579. The Bertz CT molecular complexity index is 401. The maximum atomic E-state index is 11.8. The molecular formula is C14H24Br2O3S. The molecule has 2 heterocycles. The molecule has 0 aliphatic carbocycles. The molecule has 2 saturated heterocycles. The van der Waals surface area contributed by atoms with Gasteiger partial charge in [-0.25, -0.2) is 8.42 Å². The summed E-state index contributed by atoms with van der Waals surface area (Å²) in [6.45, 7) is 0.910. The van der Waals surface area contributed by atoms with Gasteiger partial charge in [-0.1, -0.05) is 38.3 Å². The lowest BCUT2D eigenvalue weighted by molar-refractivity contribution is 0.0966. The van der Waals surface area contributed by atoms with Crippen LogP contribution in [0.5, 0.6) is 0 Å². The molecule has 6 heteroatoms. The molecular weight excluding hydrogens is 408 g/mol. The van der Waals surface area contributed by atoms with E-state index in [1.807, 2.05) is 0 Å². The first kappa shape index (κ1) is 17.2. The summed E-state index contributed by atoms with van der Waals surface area (Å²) < 4.78 is 29.2. The fourth-order valence-electron chi connectivity index (χ4n) is 3.42. The molecule has 0 N–H and O–H groups in total. The molecule has 3 nitrogen and oxygen atoms in total.